The molecule has 2 aliphatic rings. The van der Waals surface area contributed by atoms with Crippen molar-refractivity contribution in [1.82, 2.24) is 9.97 Å². The van der Waals surface area contributed by atoms with Crippen molar-refractivity contribution in [3.05, 3.63) is 48.3 Å². The summed E-state index contributed by atoms with van der Waals surface area (Å²) >= 11 is 0. The third-order valence-electron chi connectivity index (χ3n) is 3.96. The van der Waals surface area contributed by atoms with Crippen molar-refractivity contribution in [2.75, 3.05) is 18.0 Å². The van der Waals surface area contributed by atoms with Crippen molar-refractivity contribution in [1.29, 1.82) is 0 Å². The number of allylic oxidation sites excluding steroid dienone is 4. The summed E-state index contributed by atoms with van der Waals surface area (Å²) in [5.41, 5.74) is 1.69. The predicted molar refractivity (Wildman–Crippen MR) is 79.4 cm³/mol. The molecule has 0 atom stereocenters. The van der Waals surface area contributed by atoms with Crippen molar-refractivity contribution >= 4 is 11.5 Å². The van der Waals surface area contributed by atoms with Crippen LogP contribution in [0.5, 0.6) is 0 Å². The Morgan fingerprint density at radius 1 is 1.24 bits per heavy atom. The van der Waals surface area contributed by atoms with Crippen LogP contribution in [0.15, 0.2) is 31.4 Å². The van der Waals surface area contributed by atoms with Gasteiger partial charge in [-0.2, -0.15) is 8.78 Å². The minimum atomic E-state index is -2.87. The van der Waals surface area contributed by atoms with Crippen molar-refractivity contribution in [3.63, 3.8) is 0 Å². The fraction of sp³-hybridized carbons (Fsp3) is 0.375. The van der Waals surface area contributed by atoms with E-state index >= 15 is 0 Å². The molecular weight excluding hydrogens is 272 g/mol. The van der Waals surface area contributed by atoms with Crippen molar-refractivity contribution in [2.45, 2.75) is 25.2 Å². The van der Waals surface area contributed by atoms with Crippen LogP contribution < -0.4 is 4.90 Å². The smallest absolute Gasteiger partial charge is 0.290 e. The highest BCUT2D eigenvalue weighted by molar-refractivity contribution is 5.76. The van der Waals surface area contributed by atoms with E-state index in [9.17, 15) is 8.78 Å². The molecule has 5 heteroatoms. The molecule has 3 nitrogen and oxygen atoms in total. The number of anilines is 1. The SMILES string of the molecule is C=C/C=C(\C=C)c1nc(N2CCC2)nc2c1CCC2(F)F. The second-order valence-electron chi connectivity index (χ2n) is 5.31. The molecule has 2 heterocycles. The molecule has 1 aliphatic carbocycles. The van der Waals surface area contributed by atoms with E-state index in [4.69, 9.17) is 0 Å². The van der Waals surface area contributed by atoms with Crippen LogP contribution in [0.3, 0.4) is 0 Å². The molecule has 1 fully saturated rings. The molecule has 21 heavy (non-hydrogen) atoms. The number of fused-ring (bicyclic) bond motifs is 1. The van der Waals surface area contributed by atoms with Gasteiger partial charge in [0.25, 0.3) is 5.92 Å². The second-order valence-corrected chi connectivity index (χ2v) is 5.31. The predicted octanol–water partition coefficient (Wildman–Crippen LogP) is 3.48. The lowest BCUT2D eigenvalue weighted by Gasteiger charge is -2.31. The third kappa shape index (κ3) is 2.26. The van der Waals surface area contributed by atoms with E-state index in [0.717, 1.165) is 19.5 Å². The first-order valence-electron chi connectivity index (χ1n) is 7.06. The van der Waals surface area contributed by atoms with Gasteiger partial charge in [0.1, 0.15) is 5.69 Å². The first-order valence-corrected chi connectivity index (χ1v) is 7.06. The van der Waals surface area contributed by atoms with Gasteiger partial charge < -0.3 is 4.90 Å². The zero-order chi connectivity index (χ0) is 15.0. The third-order valence-corrected chi connectivity index (χ3v) is 3.96. The van der Waals surface area contributed by atoms with E-state index < -0.39 is 5.92 Å². The molecule has 1 aromatic rings. The minimum Gasteiger partial charge on any atom is -0.341 e. The van der Waals surface area contributed by atoms with E-state index in [1.165, 1.54) is 0 Å². The summed E-state index contributed by atoms with van der Waals surface area (Å²) in [4.78, 5) is 10.6. The molecular formula is C16H17F2N3. The summed E-state index contributed by atoms with van der Waals surface area (Å²) in [7, 11) is 0. The van der Waals surface area contributed by atoms with Crippen LogP contribution >= 0.6 is 0 Å². The van der Waals surface area contributed by atoms with Gasteiger partial charge in [-0.1, -0.05) is 31.4 Å². The first kappa shape index (κ1) is 13.9. The summed E-state index contributed by atoms with van der Waals surface area (Å²) in [6, 6.07) is 0. The Balaban J connectivity index is 2.18. The van der Waals surface area contributed by atoms with Crippen LogP contribution in [0.2, 0.25) is 0 Å². The van der Waals surface area contributed by atoms with Crippen LogP contribution in [-0.4, -0.2) is 23.1 Å². The molecule has 0 aromatic carbocycles. The quantitative estimate of drug-likeness (QED) is 0.795. The minimum absolute atomic E-state index is 0.119. The summed E-state index contributed by atoms with van der Waals surface area (Å²) in [5.74, 6) is -2.47. The molecule has 0 bridgehead atoms. The second kappa shape index (κ2) is 5.06. The summed E-state index contributed by atoms with van der Waals surface area (Å²) in [5, 5.41) is 0. The zero-order valence-electron chi connectivity index (χ0n) is 11.8. The average Bonchev–Trinajstić information content (AvgIpc) is 2.70. The van der Waals surface area contributed by atoms with Gasteiger partial charge >= 0.3 is 0 Å². The largest absolute Gasteiger partial charge is 0.341 e. The molecule has 3 rings (SSSR count). The molecule has 110 valence electrons. The zero-order valence-corrected chi connectivity index (χ0v) is 11.8. The highest BCUT2D eigenvalue weighted by Crippen LogP contribution is 2.43. The maximum Gasteiger partial charge on any atom is 0.290 e. The number of hydrogen-bond donors (Lipinski definition) is 0. The molecule has 0 N–H and O–H groups in total. The Morgan fingerprint density at radius 3 is 2.57 bits per heavy atom. The molecule has 1 saturated heterocycles. The lowest BCUT2D eigenvalue weighted by atomic mass is 10.0. The maximum absolute atomic E-state index is 14.1. The highest BCUT2D eigenvalue weighted by Gasteiger charge is 2.43. The Labute approximate surface area is 122 Å². The van der Waals surface area contributed by atoms with E-state index in [-0.39, 0.29) is 12.1 Å². The Kier molecular flexibility index (Phi) is 3.35. The van der Waals surface area contributed by atoms with Crippen molar-refractivity contribution in [2.24, 2.45) is 0 Å². The highest BCUT2D eigenvalue weighted by atomic mass is 19.3. The number of nitrogens with zero attached hydrogens (tertiary/aromatic N) is 3. The van der Waals surface area contributed by atoms with Gasteiger partial charge in [0.05, 0.1) is 5.69 Å². The Hall–Kier alpha value is -2.04. The summed E-state index contributed by atoms with van der Waals surface area (Å²) in [6.07, 6.45) is 6.11. The topological polar surface area (TPSA) is 29.0 Å². The summed E-state index contributed by atoms with van der Waals surface area (Å²) < 4.78 is 28.1. The Morgan fingerprint density at radius 2 is 2.00 bits per heavy atom. The van der Waals surface area contributed by atoms with E-state index in [1.54, 1.807) is 18.2 Å². The van der Waals surface area contributed by atoms with E-state index in [2.05, 4.69) is 23.1 Å². The van der Waals surface area contributed by atoms with Gasteiger partial charge in [-0.25, -0.2) is 9.97 Å². The van der Waals surface area contributed by atoms with Crippen LogP contribution in [0.1, 0.15) is 29.8 Å². The first-order chi connectivity index (χ1) is 10.1. The number of aromatic nitrogens is 2. The van der Waals surface area contributed by atoms with Crippen LogP contribution in [0, 0.1) is 0 Å². The van der Waals surface area contributed by atoms with Gasteiger partial charge in [-0.15, -0.1) is 0 Å². The standard InChI is InChI=1S/C16H17F2N3/c1-3-6-11(4-2)13-12-7-8-16(17,18)14(12)20-15(19-13)21-9-5-10-21/h3-4,6H,1-2,5,7-10H2/b11-6+. The Bertz CT molecular complexity index is 631. The lowest BCUT2D eigenvalue weighted by Crippen LogP contribution is -2.39. The summed E-state index contributed by atoms with van der Waals surface area (Å²) in [6.45, 7) is 9.04. The van der Waals surface area contributed by atoms with Crippen LogP contribution in [0.4, 0.5) is 14.7 Å². The molecule has 0 radical (unpaired) electrons. The van der Waals surface area contributed by atoms with Gasteiger partial charge in [0.2, 0.25) is 5.95 Å². The molecule has 0 spiro atoms. The van der Waals surface area contributed by atoms with Crippen molar-refractivity contribution < 1.29 is 8.78 Å². The van der Waals surface area contributed by atoms with Crippen molar-refractivity contribution in [3.8, 4) is 0 Å². The van der Waals surface area contributed by atoms with Gasteiger partial charge in [0.15, 0.2) is 0 Å². The lowest BCUT2D eigenvalue weighted by molar-refractivity contribution is -0.00594. The molecule has 1 aliphatic heterocycles. The fourth-order valence-corrected chi connectivity index (χ4v) is 2.68. The van der Waals surface area contributed by atoms with Crippen LogP contribution in [0.25, 0.3) is 5.57 Å². The monoisotopic (exact) mass is 289 g/mol. The van der Waals surface area contributed by atoms with E-state index in [1.807, 2.05) is 4.90 Å². The number of hydrogen-bond acceptors (Lipinski definition) is 3. The molecule has 0 saturated carbocycles. The van der Waals surface area contributed by atoms with Gasteiger partial charge in [-0.05, 0) is 18.4 Å². The molecule has 0 unspecified atom stereocenters. The molecule has 1 aromatic heterocycles. The number of alkyl halides is 2. The van der Waals surface area contributed by atoms with Gasteiger partial charge in [0, 0.05) is 25.1 Å². The number of rotatable bonds is 4. The van der Waals surface area contributed by atoms with Crippen LogP contribution in [-0.2, 0) is 12.3 Å². The van der Waals surface area contributed by atoms with Gasteiger partial charge in [-0.3, -0.25) is 0 Å². The average molecular weight is 289 g/mol. The normalized spacial score (nSPS) is 19.9. The maximum atomic E-state index is 14.1. The molecule has 0 amide bonds. The van der Waals surface area contributed by atoms with E-state index in [0.29, 0.717) is 29.2 Å². The fourth-order valence-electron chi connectivity index (χ4n) is 2.68. The number of halogens is 2.